The first kappa shape index (κ1) is 22.3. The molecule has 0 bridgehead atoms. The zero-order valence-corrected chi connectivity index (χ0v) is 18.3. The maximum absolute atomic E-state index is 12.8. The van der Waals surface area contributed by atoms with Crippen molar-refractivity contribution in [3.05, 3.63) is 59.9 Å². The molecule has 2 atom stereocenters. The number of nitrogens with one attached hydrogen (secondary N) is 1. The molecule has 30 heavy (non-hydrogen) atoms. The predicted molar refractivity (Wildman–Crippen MR) is 121 cm³/mol. The Labute approximate surface area is 180 Å². The molecule has 1 aliphatic rings. The zero-order valence-electron chi connectivity index (χ0n) is 18.3. The molecule has 2 heterocycles. The van der Waals surface area contributed by atoms with Crippen molar-refractivity contribution >= 4 is 5.91 Å². The molecule has 1 amide bonds. The van der Waals surface area contributed by atoms with Gasteiger partial charge in [-0.2, -0.15) is 0 Å². The van der Waals surface area contributed by atoms with Crippen molar-refractivity contribution in [3.8, 4) is 5.75 Å². The average Bonchev–Trinajstić information content (AvgIpc) is 2.78. The van der Waals surface area contributed by atoms with E-state index in [1.54, 1.807) is 6.20 Å². The summed E-state index contributed by atoms with van der Waals surface area (Å²) >= 11 is 0. The number of nitrogens with zero attached hydrogens (tertiary/aromatic N) is 2. The highest BCUT2D eigenvalue weighted by Gasteiger charge is 2.31. The van der Waals surface area contributed by atoms with Crippen LogP contribution in [0, 0.1) is 18.8 Å². The van der Waals surface area contributed by atoms with Crippen molar-refractivity contribution < 1.29 is 9.53 Å². The van der Waals surface area contributed by atoms with Gasteiger partial charge in [-0.15, -0.1) is 0 Å². The first-order valence-corrected chi connectivity index (χ1v) is 11.2. The summed E-state index contributed by atoms with van der Waals surface area (Å²) in [6.07, 6.45) is 5.78. The highest BCUT2D eigenvalue weighted by atomic mass is 16.5. The maximum Gasteiger partial charge on any atom is 0.224 e. The summed E-state index contributed by atoms with van der Waals surface area (Å²) in [5.74, 6) is 1.34. The second kappa shape index (κ2) is 11.7. The Morgan fingerprint density at radius 1 is 1.20 bits per heavy atom. The van der Waals surface area contributed by atoms with Crippen LogP contribution in [0.1, 0.15) is 37.4 Å². The standard InChI is InChI=1S/C25H35N3O2/c1-3-4-13-26-25(29)23-15-22(19-30-24-11-10-20(2)27-16-24)17-28(18-23)14-12-21-8-6-5-7-9-21/h5-11,16,22-23H,3-4,12-15,17-19H2,1-2H3,(H,26,29)/t22-,23+/m0/s1. The van der Waals surface area contributed by atoms with Gasteiger partial charge in [0.05, 0.1) is 18.7 Å². The predicted octanol–water partition coefficient (Wildman–Crippen LogP) is 3.87. The van der Waals surface area contributed by atoms with Gasteiger partial charge in [0.15, 0.2) is 0 Å². The lowest BCUT2D eigenvalue weighted by atomic mass is 9.88. The van der Waals surface area contributed by atoms with Crippen LogP contribution in [0.5, 0.6) is 5.75 Å². The number of hydrogen-bond donors (Lipinski definition) is 1. The van der Waals surface area contributed by atoms with Crippen molar-refractivity contribution in [2.24, 2.45) is 11.8 Å². The number of unbranched alkanes of at least 4 members (excludes halogenated alkanes) is 1. The molecule has 0 unspecified atom stereocenters. The minimum Gasteiger partial charge on any atom is -0.492 e. The molecule has 5 nitrogen and oxygen atoms in total. The van der Waals surface area contributed by atoms with E-state index in [-0.39, 0.29) is 11.8 Å². The van der Waals surface area contributed by atoms with Gasteiger partial charge in [-0.3, -0.25) is 9.78 Å². The number of piperidine rings is 1. The van der Waals surface area contributed by atoms with Gasteiger partial charge in [0.2, 0.25) is 5.91 Å². The van der Waals surface area contributed by atoms with Gasteiger partial charge in [-0.1, -0.05) is 43.7 Å². The number of benzene rings is 1. The smallest absolute Gasteiger partial charge is 0.224 e. The highest BCUT2D eigenvalue weighted by molar-refractivity contribution is 5.79. The Bertz CT molecular complexity index is 764. The van der Waals surface area contributed by atoms with Gasteiger partial charge in [-0.05, 0) is 43.9 Å². The third kappa shape index (κ3) is 7.13. The molecule has 5 heteroatoms. The van der Waals surface area contributed by atoms with Gasteiger partial charge in [-0.25, -0.2) is 0 Å². The van der Waals surface area contributed by atoms with Crippen LogP contribution in [-0.2, 0) is 11.2 Å². The molecule has 162 valence electrons. The fourth-order valence-corrected chi connectivity index (χ4v) is 4.01. The molecule has 1 saturated heterocycles. The summed E-state index contributed by atoms with van der Waals surface area (Å²) in [7, 11) is 0. The molecular formula is C25H35N3O2. The van der Waals surface area contributed by atoms with Crippen molar-refractivity contribution in [3.63, 3.8) is 0 Å². The molecule has 1 fully saturated rings. The fraction of sp³-hybridized carbons (Fsp3) is 0.520. The van der Waals surface area contributed by atoms with Crippen LogP contribution < -0.4 is 10.1 Å². The van der Waals surface area contributed by atoms with Gasteiger partial charge < -0.3 is 15.0 Å². The van der Waals surface area contributed by atoms with Crippen molar-refractivity contribution in [1.29, 1.82) is 0 Å². The van der Waals surface area contributed by atoms with E-state index in [1.807, 2.05) is 25.1 Å². The topological polar surface area (TPSA) is 54.5 Å². The van der Waals surface area contributed by atoms with E-state index in [4.69, 9.17) is 4.74 Å². The van der Waals surface area contributed by atoms with Gasteiger partial charge in [0.1, 0.15) is 5.75 Å². The van der Waals surface area contributed by atoms with Crippen LogP contribution in [0.15, 0.2) is 48.7 Å². The Hall–Kier alpha value is -2.40. The summed E-state index contributed by atoms with van der Waals surface area (Å²) in [4.78, 5) is 19.5. The molecule has 1 aromatic heterocycles. The number of rotatable bonds is 10. The molecule has 1 aromatic carbocycles. The Morgan fingerprint density at radius 3 is 2.77 bits per heavy atom. The number of carbonyl (C=O) groups excluding carboxylic acids is 1. The maximum atomic E-state index is 12.8. The second-order valence-corrected chi connectivity index (χ2v) is 8.38. The first-order valence-electron chi connectivity index (χ1n) is 11.2. The Morgan fingerprint density at radius 2 is 2.03 bits per heavy atom. The monoisotopic (exact) mass is 409 g/mol. The third-order valence-corrected chi connectivity index (χ3v) is 5.74. The molecule has 0 spiro atoms. The van der Waals surface area contributed by atoms with Crippen LogP contribution in [0.25, 0.3) is 0 Å². The Balaban J connectivity index is 1.58. The number of likely N-dealkylation sites (tertiary alicyclic amines) is 1. The van der Waals surface area contributed by atoms with Crippen LogP contribution in [0.4, 0.5) is 0 Å². The zero-order chi connectivity index (χ0) is 21.2. The molecule has 0 radical (unpaired) electrons. The van der Waals surface area contributed by atoms with E-state index in [0.717, 1.165) is 63.3 Å². The molecule has 0 aliphatic carbocycles. The molecule has 0 saturated carbocycles. The number of hydrogen-bond acceptors (Lipinski definition) is 4. The average molecular weight is 410 g/mol. The van der Waals surface area contributed by atoms with Crippen molar-refractivity contribution in [2.75, 3.05) is 32.8 Å². The van der Waals surface area contributed by atoms with Crippen LogP contribution in [0.3, 0.4) is 0 Å². The van der Waals surface area contributed by atoms with E-state index >= 15 is 0 Å². The van der Waals surface area contributed by atoms with E-state index < -0.39 is 0 Å². The highest BCUT2D eigenvalue weighted by Crippen LogP contribution is 2.24. The first-order chi connectivity index (χ1) is 14.6. The summed E-state index contributed by atoms with van der Waals surface area (Å²) in [6.45, 7) is 8.25. The molecule has 2 aromatic rings. The van der Waals surface area contributed by atoms with Gasteiger partial charge >= 0.3 is 0 Å². The number of pyridine rings is 1. The number of amides is 1. The number of aryl methyl sites for hydroxylation is 1. The van der Waals surface area contributed by atoms with Gasteiger partial charge in [0, 0.05) is 37.8 Å². The lowest BCUT2D eigenvalue weighted by Gasteiger charge is -2.37. The van der Waals surface area contributed by atoms with Crippen molar-refractivity contribution in [2.45, 2.75) is 39.5 Å². The summed E-state index contributed by atoms with van der Waals surface area (Å²) in [5, 5.41) is 3.13. The molecular weight excluding hydrogens is 374 g/mol. The van der Waals surface area contributed by atoms with E-state index in [9.17, 15) is 4.79 Å². The molecule has 1 N–H and O–H groups in total. The fourth-order valence-electron chi connectivity index (χ4n) is 4.01. The second-order valence-electron chi connectivity index (χ2n) is 8.38. The van der Waals surface area contributed by atoms with Crippen LogP contribution in [0.2, 0.25) is 0 Å². The normalized spacial score (nSPS) is 19.4. The number of aromatic nitrogens is 1. The largest absolute Gasteiger partial charge is 0.492 e. The molecule has 3 rings (SSSR count). The molecule has 1 aliphatic heterocycles. The van der Waals surface area contributed by atoms with Gasteiger partial charge in [0.25, 0.3) is 0 Å². The third-order valence-electron chi connectivity index (χ3n) is 5.74. The van der Waals surface area contributed by atoms with E-state index in [2.05, 4.69) is 46.4 Å². The van der Waals surface area contributed by atoms with Crippen LogP contribution >= 0.6 is 0 Å². The SMILES string of the molecule is CCCCNC(=O)[C@@H]1C[C@H](COc2ccc(C)nc2)CN(CCc2ccccc2)C1. The summed E-state index contributed by atoms with van der Waals surface area (Å²) < 4.78 is 6.02. The minimum atomic E-state index is 0.0242. The number of carbonyl (C=O) groups is 1. The Kier molecular flexibility index (Phi) is 8.69. The summed E-state index contributed by atoms with van der Waals surface area (Å²) in [6, 6.07) is 14.5. The number of ether oxygens (including phenoxy) is 1. The van der Waals surface area contributed by atoms with Crippen molar-refractivity contribution in [1.82, 2.24) is 15.2 Å². The van der Waals surface area contributed by atoms with E-state index in [1.165, 1.54) is 5.56 Å². The summed E-state index contributed by atoms with van der Waals surface area (Å²) in [5.41, 5.74) is 2.32. The quantitative estimate of drug-likeness (QED) is 0.606. The lowest BCUT2D eigenvalue weighted by molar-refractivity contribution is -0.127. The van der Waals surface area contributed by atoms with E-state index in [0.29, 0.717) is 12.5 Å². The minimum absolute atomic E-state index is 0.0242. The van der Waals surface area contributed by atoms with Crippen LogP contribution in [-0.4, -0.2) is 48.6 Å². The lowest BCUT2D eigenvalue weighted by Crippen LogP contribution is -2.48.